The van der Waals surface area contributed by atoms with Gasteiger partial charge in [-0.15, -0.1) is 13.2 Å². The summed E-state index contributed by atoms with van der Waals surface area (Å²) in [6, 6.07) is 13.2. The quantitative estimate of drug-likeness (QED) is 0.233. The fourth-order valence-corrected chi connectivity index (χ4v) is 5.54. The summed E-state index contributed by atoms with van der Waals surface area (Å²) in [7, 11) is 8.80. The van der Waals surface area contributed by atoms with Crippen molar-refractivity contribution in [2.24, 2.45) is 0 Å². The molecule has 1 fully saturated rings. The summed E-state index contributed by atoms with van der Waals surface area (Å²) < 4.78 is 101. The van der Waals surface area contributed by atoms with E-state index in [9.17, 15) is 35.2 Å². The Kier molecular flexibility index (Phi) is 10.3. The number of alkyl halides is 5. The second kappa shape index (κ2) is 13.6. The lowest BCUT2D eigenvalue weighted by molar-refractivity contribution is -0.274. The molecule has 0 unspecified atom stereocenters. The number of aromatic nitrogens is 1. The molecule has 0 aliphatic carbocycles. The number of amides is 1. The van der Waals surface area contributed by atoms with Crippen LogP contribution in [0.5, 0.6) is 11.6 Å². The van der Waals surface area contributed by atoms with Crippen LogP contribution in [0.4, 0.5) is 27.6 Å². The molecule has 4 radical (unpaired) electrons. The third-order valence-electron chi connectivity index (χ3n) is 6.87. The zero-order valence-electron chi connectivity index (χ0n) is 23.7. The first-order valence-corrected chi connectivity index (χ1v) is 15.1. The molecule has 4 rings (SSSR count). The van der Waals surface area contributed by atoms with Crippen LogP contribution in [0.3, 0.4) is 0 Å². The Morgan fingerprint density at radius 2 is 1.73 bits per heavy atom. The predicted molar refractivity (Wildman–Crippen MR) is 154 cm³/mol. The summed E-state index contributed by atoms with van der Waals surface area (Å²) in [6.45, 7) is -1.67. The second-order valence-electron chi connectivity index (χ2n) is 10.1. The van der Waals surface area contributed by atoms with Crippen molar-refractivity contribution < 1.29 is 49.4 Å². The number of pyridine rings is 1. The standard InChI is InChI=1S/C28H26B2F5N3O6S/c1-2-45(40,41)23-10-5-18(6-11-23)27(29,30)37-25(39)17-3-7-19(8-4-17)38-15-22(13-20(38)16-42-26(31)32)43-24-12-9-21(14-36-24)44-28(33,34)35/h3-12,14,20,22,26H,2,13,15-16H2,1H3,(H,37,39)/t20-,22-/m0/s1. The first-order chi connectivity index (χ1) is 21.1. The first kappa shape index (κ1) is 34.0. The molecular formula is C28H26B2F5N3O6S. The van der Waals surface area contributed by atoms with Gasteiger partial charge in [-0.05, 0) is 53.4 Å². The van der Waals surface area contributed by atoms with Gasteiger partial charge in [0.1, 0.15) is 11.9 Å². The molecule has 3 aromatic rings. The summed E-state index contributed by atoms with van der Waals surface area (Å²) in [4.78, 5) is 18.6. The van der Waals surface area contributed by atoms with Crippen LogP contribution in [0.1, 0.15) is 29.3 Å². The van der Waals surface area contributed by atoms with Crippen LogP contribution in [0, 0.1) is 0 Å². The van der Waals surface area contributed by atoms with E-state index in [1.165, 1.54) is 49.4 Å². The number of ether oxygens (including phenoxy) is 3. The van der Waals surface area contributed by atoms with Gasteiger partial charge in [0.25, 0.3) is 5.91 Å². The average Bonchev–Trinajstić information content (AvgIpc) is 3.38. The van der Waals surface area contributed by atoms with Crippen molar-refractivity contribution in [2.45, 2.75) is 48.7 Å². The molecule has 1 aliphatic rings. The Balaban J connectivity index is 1.43. The van der Waals surface area contributed by atoms with E-state index in [4.69, 9.17) is 20.4 Å². The first-order valence-electron chi connectivity index (χ1n) is 13.4. The molecule has 236 valence electrons. The monoisotopic (exact) mass is 649 g/mol. The maximum Gasteiger partial charge on any atom is 0.573 e. The van der Waals surface area contributed by atoms with Gasteiger partial charge in [-0.2, -0.15) is 8.78 Å². The summed E-state index contributed by atoms with van der Waals surface area (Å²) in [5, 5.41) is 0.654. The number of nitrogens with zero attached hydrogens (tertiary/aromatic N) is 2. The lowest BCUT2D eigenvalue weighted by Crippen LogP contribution is -2.47. The van der Waals surface area contributed by atoms with Crippen LogP contribution < -0.4 is 19.7 Å². The fourth-order valence-electron chi connectivity index (χ4n) is 4.66. The molecule has 1 N–H and O–H groups in total. The van der Waals surface area contributed by atoms with Crippen LogP contribution in [-0.2, 0) is 19.9 Å². The van der Waals surface area contributed by atoms with Crippen molar-refractivity contribution >= 4 is 37.1 Å². The molecule has 0 bridgehead atoms. The van der Waals surface area contributed by atoms with Gasteiger partial charge in [0, 0.05) is 23.7 Å². The van der Waals surface area contributed by atoms with Crippen LogP contribution in [0.2, 0.25) is 0 Å². The predicted octanol–water partition coefficient (Wildman–Crippen LogP) is 3.92. The molecule has 0 saturated carbocycles. The van der Waals surface area contributed by atoms with Gasteiger partial charge in [0.05, 0.1) is 51.7 Å². The molecule has 1 aromatic heterocycles. The highest BCUT2D eigenvalue weighted by Gasteiger charge is 2.35. The number of carbonyl (C=O) groups is 1. The number of halogens is 5. The van der Waals surface area contributed by atoms with Gasteiger partial charge < -0.3 is 24.4 Å². The largest absolute Gasteiger partial charge is 0.573 e. The highest BCUT2D eigenvalue weighted by atomic mass is 32.2. The number of nitrogens with one attached hydrogen (secondary N) is 1. The number of benzene rings is 2. The van der Waals surface area contributed by atoms with E-state index in [0.29, 0.717) is 5.69 Å². The minimum Gasteiger partial charge on any atom is -0.472 e. The van der Waals surface area contributed by atoms with E-state index < -0.39 is 52.0 Å². The molecule has 17 heteroatoms. The zero-order chi connectivity index (χ0) is 33.0. The van der Waals surface area contributed by atoms with Crippen LogP contribution in [0.25, 0.3) is 0 Å². The lowest BCUT2D eigenvalue weighted by atomic mass is 9.58. The van der Waals surface area contributed by atoms with Crippen molar-refractivity contribution in [2.75, 3.05) is 23.8 Å². The van der Waals surface area contributed by atoms with Crippen LogP contribution in [0.15, 0.2) is 71.8 Å². The number of anilines is 1. The van der Waals surface area contributed by atoms with Gasteiger partial charge in [-0.25, -0.2) is 13.4 Å². The van der Waals surface area contributed by atoms with E-state index >= 15 is 0 Å². The molecular weight excluding hydrogens is 623 g/mol. The Labute approximate surface area is 258 Å². The molecule has 2 heterocycles. The second-order valence-corrected chi connectivity index (χ2v) is 12.3. The smallest absolute Gasteiger partial charge is 0.472 e. The van der Waals surface area contributed by atoms with Gasteiger partial charge >= 0.3 is 13.0 Å². The minimum absolute atomic E-state index is 0.00519. The maximum absolute atomic E-state index is 13.0. The topological polar surface area (TPSA) is 107 Å². The fraction of sp³-hybridized carbons (Fsp3) is 0.357. The molecule has 45 heavy (non-hydrogen) atoms. The van der Waals surface area contributed by atoms with E-state index in [-0.39, 0.29) is 47.2 Å². The Bertz CT molecular complexity index is 1560. The average molecular weight is 649 g/mol. The molecule has 1 amide bonds. The van der Waals surface area contributed by atoms with Gasteiger partial charge in [0.15, 0.2) is 9.84 Å². The molecule has 2 aromatic carbocycles. The van der Waals surface area contributed by atoms with Crippen LogP contribution >= 0.6 is 0 Å². The minimum atomic E-state index is -4.88. The molecule has 0 spiro atoms. The van der Waals surface area contributed by atoms with E-state index in [2.05, 4.69) is 19.8 Å². The Morgan fingerprint density at radius 1 is 1.07 bits per heavy atom. The third kappa shape index (κ3) is 9.10. The number of carbonyl (C=O) groups excluding carboxylic acids is 1. The van der Waals surface area contributed by atoms with Crippen molar-refractivity contribution in [3.8, 4) is 11.6 Å². The van der Waals surface area contributed by atoms with E-state index in [1.807, 2.05) is 0 Å². The highest BCUT2D eigenvalue weighted by molar-refractivity contribution is 7.91. The maximum atomic E-state index is 13.0. The van der Waals surface area contributed by atoms with Crippen molar-refractivity contribution in [1.82, 2.24) is 10.3 Å². The third-order valence-corrected chi connectivity index (χ3v) is 8.62. The number of hydrogen-bond donors (Lipinski definition) is 1. The van der Waals surface area contributed by atoms with E-state index in [1.54, 1.807) is 17.0 Å². The SMILES string of the molecule is [B]C([B])(NC(=O)c1ccc(N2C[C@@H](Oc3ccc(OC(F)(F)F)cn3)C[C@H]2COC(F)F)cc1)c1ccc(S(=O)(=O)CC)cc1. The Hall–Kier alpha value is -3.85. The molecule has 1 saturated heterocycles. The van der Waals surface area contributed by atoms with Crippen LogP contribution in [-0.4, -0.2) is 79.0 Å². The summed E-state index contributed by atoms with van der Waals surface area (Å²) in [5.74, 6) is -1.25. The molecule has 9 nitrogen and oxygen atoms in total. The molecule has 2 atom stereocenters. The lowest BCUT2D eigenvalue weighted by Gasteiger charge is -2.29. The van der Waals surface area contributed by atoms with Crippen molar-refractivity contribution in [3.63, 3.8) is 0 Å². The van der Waals surface area contributed by atoms with Gasteiger partial charge in [-0.1, -0.05) is 19.1 Å². The number of hydrogen-bond acceptors (Lipinski definition) is 8. The van der Waals surface area contributed by atoms with E-state index in [0.717, 1.165) is 12.3 Å². The summed E-state index contributed by atoms with van der Waals surface area (Å²) in [6.07, 6.45) is -4.40. The number of sulfone groups is 1. The van der Waals surface area contributed by atoms with Crippen molar-refractivity contribution in [1.29, 1.82) is 0 Å². The highest BCUT2D eigenvalue weighted by Crippen LogP contribution is 2.30. The van der Waals surface area contributed by atoms with Gasteiger partial charge in [0.2, 0.25) is 5.88 Å². The summed E-state index contributed by atoms with van der Waals surface area (Å²) >= 11 is 0. The summed E-state index contributed by atoms with van der Waals surface area (Å²) in [5.41, 5.74) is 0.966. The van der Waals surface area contributed by atoms with Crippen molar-refractivity contribution in [3.05, 3.63) is 78.0 Å². The molecule has 1 aliphatic heterocycles. The van der Waals surface area contributed by atoms with Gasteiger partial charge in [-0.3, -0.25) is 4.79 Å². The Morgan fingerprint density at radius 3 is 2.29 bits per heavy atom. The zero-order valence-corrected chi connectivity index (χ0v) is 24.5. The normalized spacial score (nSPS) is 17.4. The number of rotatable bonds is 12.